The molecule has 0 aromatic heterocycles. The molecule has 3 N–H and O–H groups in total. The molecule has 2 unspecified atom stereocenters. The zero-order valence-corrected chi connectivity index (χ0v) is 57.9. The maximum Gasteiger partial charge on any atom is 0.472 e. The summed E-state index contributed by atoms with van der Waals surface area (Å²) in [6.45, 7) is 7.10. The van der Waals surface area contributed by atoms with E-state index < -0.39 is 97.5 Å². The van der Waals surface area contributed by atoms with Gasteiger partial charge in [0.15, 0.2) is 12.2 Å². The number of hydrogen-bond donors (Lipinski definition) is 3. The summed E-state index contributed by atoms with van der Waals surface area (Å²) in [6.07, 6.45) is 47.6. The molecule has 0 aromatic rings. The molecule has 0 amide bonds. The normalized spacial score (nSPS) is 14.1. The summed E-state index contributed by atoms with van der Waals surface area (Å²) >= 11 is 0. The minimum absolute atomic E-state index is 0.102. The summed E-state index contributed by atoms with van der Waals surface area (Å²) in [4.78, 5) is 72.2. The van der Waals surface area contributed by atoms with E-state index in [-0.39, 0.29) is 25.7 Å². The van der Waals surface area contributed by atoms with Gasteiger partial charge in [-0.15, -0.1) is 0 Å². The van der Waals surface area contributed by atoms with Crippen molar-refractivity contribution in [3.05, 3.63) is 0 Å². The molecule has 19 heteroatoms. The first-order chi connectivity index (χ1) is 42.0. The molecule has 0 radical (unpaired) electrons. The third-order valence-electron chi connectivity index (χ3n) is 15.8. The van der Waals surface area contributed by atoms with Crippen LogP contribution in [0.3, 0.4) is 0 Å². The van der Waals surface area contributed by atoms with Crippen LogP contribution in [-0.2, 0) is 65.4 Å². The Morgan fingerprint density at radius 2 is 0.529 bits per heavy atom. The molecule has 0 spiro atoms. The summed E-state index contributed by atoms with van der Waals surface area (Å²) in [5.74, 6) is -1.46. The van der Waals surface area contributed by atoms with Crippen molar-refractivity contribution in [1.29, 1.82) is 0 Å². The van der Waals surface area contributed by atoms with Gasteiger partial charge in [-0.1, -0.05) is 298 Å². The van der Waals surface area contributed by atoms with Gasteiger partial charge in [-0.2, -0.15) is 0 Å². The van der Waals surface area contributed by atoms with E-state index in [0.717, 1.165) is 96.3 Å². The molecule has 0 aromatic carbocycles. The largest absolute Gasteiger partial charge is 0.472 e. The first-order valence-corrected chi connectivity index (χ1v) is 38.6. The predicted molar refractivity (Wildman–Crippen MR) is 349 cm³/mol. The second-order valence-corrected chi connectivity index (χ2v) is 27.9. The number of phosphoric ester groups is 2. The van der Waals surface area contributed by atoms with E-state index >= 15 is 0 Å². The van der Waals surface area contributed by atoms with Crippen molar-refractivity contribution in [1.82, 2.24) is 0 Å². The SMILES string of the molecule is CCCCCCCCCCCCCCCCCCCCCCC(=O)O[C@H](COC(=O)CCCCCCCCCCCC)COP(=O)(O)OC[C@@H](O)COP(=O)(O)OC[C@@H](COC(=O)CCCCCCCCCC)OC(=O)CCCCCCCCC(C)C. The fourth-order valence-electron chi connectivity index (χ4n) is 10.3. The Hall–Kier alpha value is -1.94. The van der Waals surface area contributed by atoms with Crippen molar-refractivity contribution >= 4 is 39.5 Å². The molecule has 0 heterocycles. The molecule has 0 aliphatic carbocycles. The van der Waals surface area contributed by atoms with Crippen LogP contribution in [0.15, 0.2) is 0 Å². The molecule has 0 saturated carbocycles. The monoisotopic (exact) mass is 1280 g/mol. The first kappa shape index (κ1) is 85.1. The molecular weight excluding hydrogens is 1150 g/mol. The number of aliphatic hydroxyl groups is 1. The lowest BCUT2D eigenvalue weighted by Gasteiger charge is -2.21. The lowest BCUT2D eigenvalue weighted by molar-refractivity contribution is -0.161. The van der Waals surface area contributed by atoms with Crippen LogP contribution in [-0.4, -0.2) is 96.7 Å². The molecule has 0 bridgehead atoms. The Morgan fingerprint density at radius 1 is 0.310 bits per heavy atom. The molecule has 0 aliphatic heterocycles. The fraction of sp³-hybridized carbons (Fsp3) is 0.941. The minimum atomic E-state index is -4.95. The average molecular weight is 1280 g/mol. The zero-order chi connectivity index (χ0) is 64.2. The lowest BCUT2D eigenvalue weighted by atomic mass is 10.0. The first-order valence-electron chi connectivity index (χ1n) is 35.6. The van der Waals surface area contributed by atoms with Crippen LogP contribution < -0.4 is 0 Å². The van der Waals surface area contributed by atoms with Crippen molar-refractivity contribution in [2.24, 2.45) is 5.92 Å². The van der Waals surface area contributed by atoms with Gasteiger partial charge in [0.2, 0.25) is 0 Å². The Morgan fingerprint density at radius 3 is 0.782 bits per heavy atom. The Bertz CT molecular complexity index is 1690. The van der Waals surface area contributed by atoms with Crippen LogP contribution in [0.1, 0.15) is 349 Å². The molecular formula is C68H132O17P2. The third kappa shape index (κ3) is 62.6. The van der Waals surface area contributed by atoms with Gasteiger partial charge in [0.1, 0.15) is 19.3 Å². The highest BCUT2D eigenvalue weighted by atomic mass is 31.2. The number of aliphatic hydroxyl groups excluding tert-OH is 1. The van der Waals surface area contributed by atoms with Crippen LogP contribution in [0.2, 0.25) is 0 Å². The van der Waals surface area contributed by atoms with Crippen LogP contribution in [0.4, 0.5) is 0 Å². The van der Waals surface area contributed by atoms with Crippen molar-refractivity contribution in [3.8, 4) is 0 Å². The Balaban J connectivity index is 5.13. The van der Waals surface area contributed by atoms with Crippen LogP contribution in [0.5, 0.6) is 0 Å². The summed E-state index contributed by atoms with van der Waals surface area (Å²) in [6, 6.07) is 0. The highest BCUT2D eigenvalue weighted by Gasteiger charge is 2.30. The molecule has 17 nitrogen and oxygen atoms in total. The van der Waals surface area contributed by atoms with E-state index in [1.165, 1.54) is 167 Å². The van der Waals surface area contributed by atoms with Gasteiger partial charge < -0.3 is 33.8 Å². The van der Waals surface area contributed by atoms with Crippen molar-refractivity contribution in [3.63, 3.8) is 0 Å². The third-order valence-corrected chi connectivity index (χ3v) is 17.7. The smallest absolute Gasteiger partial charge is 0.462 e. The van der Waals surface area contributed by atoms with Crippen molar-refractivity contribution < 1.29 is 80.2 Å². The van der Waals surface area contributed by atoms with Crippen LogP contribution in [0, 0.1) is 5.92 Å². The Labute approximate surface area is 530 Å². The average Bonchev–Trinajstić information content (AvgIpc) is 3.66. The van der Waals surface area contributed by atoms with Crippen molar-refractivity contribution in [2.75, 3.05) is 39.6 Å². The van der Waals surface area contributed by atoms with Gasteiger partial charge in [0, 0.05) is 25.7 Å². The Kier molecular flexibility index (Phi) is 60.2. The maximum absolute atomic E-state index is 13.0. The standard InChI is InChI=1S/C68H132O17P2/c1-6-9-12-15-18-21-23-24-25-26-27-28-29-30-31-32-34-37-43-48-53-67(72)84-63(57-79-66(71)52-47-42-36-33-22-19-16-13-10-7-2)59-82-86(74,75)80-55-62(69)56-81-87(76,77)83-60-64(58-78-65(70)51-46-41-35-20-17-14-11-8-3)85-68(73)54-49-44-39-38-40-45-50-61(4)5/h61-64,69H,6-60H2,1-5H3,(H,74,75)(H,76,77)/t62-,63-,64-/m1/s1. The quantitative estimate of drug-likeness (QED) is 0.0222. The summed E-state index contributed by atoms with van der Waals surface area (Å²) in [7, 11) is -9.89. The van der Waals surface area contributed by atoms with Gasteiger partial charge in [-0.05, 0) is 31.6 Å². The molecule has 0 fully saturated rings. The number of esters is 4. The number of rotatable bonds is 68. The number of phosphoric acid groups is 2. The van der Waals surface area contributed by atoms with Crippen LogP contribution in [0.25, 0.3) is 0 Å². The second-order valence-electron chi connectivity index (χ2n) is 25.0. The summed E-state index contributed by atoms with van der Waals surface area (Å²) < 4.78 is 68.0. The second kappa shape index (κ2) is 61.6. The van der Waals surface area contributed by atoms with E-state index in [4.69, 9.17) is 37.0 Å². The number of hydrogen-bond acceptors (Lipinski definition) is 15. The summed E-state index contributed by atoms with van der Waals surface area (Å²) in [5.41, 5.74) is 0. The molecule has 0 rings (SSSR count). The molecule has 5 atom stereocenters. The van der Waals surface area contributed by atoms with Gasteiger partial charge in [0.05, 0.1) is 26.4 Å². The molecule has 0 saturated heterocycles. The van der Waals surface area contributed by atoms with Gasteiger partial charge in [-0.25, -0.2) is 9.13 Å². The predicted octanol–water partition coefficient (Wildman–Crippen LogP) is 19.4. The minimum Gasteiger partial charge on any atom is -0.462 e. The molecule has 87 heavy (non-hydrogen) atoms. The molecule has 0 aliphatic rings. The number of carbonyl (C=O) groups excluding carboxylic acids is 4. The van der Waals surface area contributed by atoms with Gasteiger partial charge in [-0.3, -0.25) is 37.3 Å². The maximum atomic E-state index is 13.0. The van der Waals surface area contributed by atoms with E-state index in [9.17, 15) is 43.2 Å². The molecule has 516 valence electrons. The number of ether oxygens (including phenoxy) is 4. The highest BCUT2D eigenvalue weighted by Crippen LogP contribution is 2.45. The number of unbranched alkanes of at least 4 members (excludes halogenated alkanes) is 40. The highest BCUT2D eigenvalue weighted by molar-refractivity contribution is 7.47. The summed E-state index contributed by atoms with van der Waals surface area (Å²) in [5, 5.41) is 10.5. The van der Waals surface area contributed by atoms with Gasteiger partial charge >= 0.3 is 39.5 Å². The van der Waals surface area contributed by atoms with Crippen LogP contribution >= 0.6 is 15.6 Å². The van der Waals surface area contributed by atoms with E-state index in [1.807, 2.05) is 0 Å². The van der Waals surface area contributed by atoms with E-state index in [1.54, 1.807) is 0 Å². The zero-order valence-electron chi connectivity index (χ0n) is 56.2. The fourth-order valence-corrected chi connectivity index (χ4v) is 11.9. The number of carbonyl (C=O) groups is 4. The van der Waals surface area contributed by atoms with Gasteiger partial charge in [0.25, 0.3) is 0 Å². The topological polar surface area (TPSA) is 237 Å². The lowest BCUT2D eigenvalue weighted by Crippen LogP contribution is -2.30. The van der Waals surface area contributed by atoms with Crippen molar-refractivity contribution in [2.45, 2.75) is 368 Å². The van der Waals surface area contributed by atoms with E-state index in [2.05, 4.69) is 34.6 Å². The van der Waals surface area contributed by atoms with E-state index in [0.29, 0.717) is 31.6 Å².